The van der Waals surface area contributed by atoms with E-state index in [1.54, 1.807) is 0 Å². The molecule has 0 aromatic heterocycles. The fourth-order valence-corrected chi connectivity index (χ4v) is 1.97. The lowest BCUT2D eigenvalue weighted by molar-refractivity contribution is -0.137. The van der Waals surface area contributed by atoms with E-state index in [0.717, 1.165) is 24.3 Å². The molecule has 0 radical (unpaired) electrons. The van der Waals surface area contributed by atoms with E-state index in [2.05, 4.69) is 0 Å². The van der Waals surface area contributed by atoms with Gasteiger partial charge in [0, 0.05) is 0 Å². The van der Waals surface area contributed by atoms with Gasteiger partial charge in [-0.25, -0.2) is 9.18 Å². The van der Waals surface area contributed by atoms with E-state index in [0.29, 0.717) is 0 Å². The van der Waals surface area contributed by atoms with Crippen molar-refractivity contribution >= 4 is 5.97 Å². The molecule has 6 heteroatoms. The lowest BCUT2D eigenvalue weighted by Gasteiger charge is -2.12. The standard InChI is InChI=1S/C15H10F4O2/c1-8-12(6-10(14(20)21)7-13(8)16)9-3-2-4-11(5-9)15(17,18)19/h2-7H,1H3,(H,20,21). The van der Waals surface area contributed by atoms with E-state index in [1.807, 2.05) is 0 Å². The van der Waals surface area contributed by atoms with E-state index in [1.165, 1.54) is 19.1 Å². The number of carbonyl (C=O) groups is 1. The van der Waals surface area contributed by atoms with Crippen LogP contribution in [0, 0.1) is 12.7 Å². The van der Waals surface area contributed by atoms with Gasteiger partial charge in [-0.2, -0.15) is 13.2 Å². The Morgan fingerprint density at radius 1 is 1.14 bits per heavy atom. The van der Waals surface area contributed by atoms with E-state index in [4.69, 9.17) is 5.11 Å². The van der Waals surface area contributed by atoms with Crippen molar-refractivity contribution in [2.75, 3.05) is 0 Å². The Hall–Kier alpha value is -2.37. The van der Waals surface area contributed by atoms with Crippen molar-refractivity contribution in [1.29, 1.82) is 0 Å². The number of hydrogen-bond donors (Lipinski definition) is 1. The smallest absolute Gasteiger partial charge is 0.416 e. The molecule has 0 spiro atoms. The van der Waals surface area contributed by atoms with E-state index in [-0.39, 0.29) is 22.3 Å². The van der Waals surface area contributed by atoms with E-state index >= 15 is 0 Å². The van der Waals surface area contributed by atoms with Crippen molar-refractivity contribution in [3.63, 3.8) is 0 Å². The average Bonchev–Trinajstić information content (AvgIpc) is 2.40. The zero-order chi connectivity index (χ0) is 15.8. The molecule has 0 amide bonds. The third-order valence-corrected chi connectivity index (χ3v) is 3.09. The number of alkyl halides is 3. The van der Waals surface area contributed by atoms with Gasteiger partial charge in [0.2, 0.25) is 0 Å². The first-order valence-electron chi connectivity index (χ1n) is 5.91. The SMILES string of the molecule is Cc1c(F)cc(C(=O)O)cc1-c1cccc(C(F)(F)F)c1. The molecular formula is C15H10F4O2. The number of carboxylic acid groups (broad SMARTS) is 1. The maximum atomic E-state index is 13.7. The van der Waals surface area contributed by atoms with Crippen molar-refractivity contribution in [2.24, 2.45) is 0 Å². The Kier molecular flexibility index (Phi) is 3.72. The van der Waals surface area contributed by atoms with Crippen molar-refractivity contribution in [3.8, 4) is 11.1 Å². The normalized spacial score (nSPS) is 11.5. The van der Waals surface area contributed by atoms with Crippen LogP contribution in [0.15, 0.2) is 36.4 Å². The van der Waals surface area contributed by atoms with E-state index in [9.17, 15) is 22.4 Å². The molecule has 21 heavy (non-hydrogen) atoms. The van der Waals surface area contributed by atoms with E-state index < -0.39 is 23.5 Å². The number of benzene rings is 2. The van der Waals surface area contributed by atoms with Gasteiger partial charge in [0.25, 0.3) is 0 Å². The molecule has 2 aromatic carbocycles. The summed E-state index contributed by atoms with van der Waals surface area (Å²) in [4.78, 5) is 10.9. The molecule has 2 aromatic rings. The minimum Gasteiger partial charge on any atom is -0.478 e. The van der Waals surface area contributed by atoms with Crippen molar-refractivity contribution in [2.45, 2.75) is 13.1 Å². The van der Waals surface area contributed by atoms with Gasteiger partial charge < -0.3 is 5.11 Å². The maximum absolute atomic E-state index is 13.7. The minimum atomic E-state index is -4.52. The molecule has 0 aliphatic carbocycles. The van der Waals surface area contributed by atoms with Gasteiger partial charge in [-0.3, -0.25) is 0 Å². The van der Waals surface area contributed by atoms with Crippen molar-refractivity contribution < 1.29 is 27.5 Å². The number of aromatic carboxylic acids is 1. The zero-order valence-electron chi connectivity index (χ0n) is 10.8. The summed E-state index contributed by atoms with van der Waals surface area (Å²) in [5.41, 5.74) is -0.854. The van der Waals surface area contributed by atoms with Gasteiger partial charge >= 0.3 is 12.1 Å². The summed E-state index contributed by atoms with van der Waals surface area (Å²) in [6.45, 7) is 1.39. The summed E-state index contributed by atoms with van der Waals surface area (Å²) >= 11 is 0. The van der Waals surface area contributed by atoms with Crippen LogP contribution in [-0.4, -0.2) is 11.1 Å². The van der Waals surface area contributed by atoms with Gasteiger partial charge in [0.1, 0.15) is 5.82 Å². The molecule has 2 rings (SSSR count). The highest BCUT2D eigenvalue weighted by atomic mass is 19.4. The molecule has 0 atom stereocenters. The Labute approximate surface area is 117 Å². The highest BCUT2D eigenvalue weighted by molar-refractivity contribution is 5.90. The quantitative estimate of drug-likeness (QED) is 0.828. The van der Waals surface area contributed by atoms with Gasteiger partial charge in [-0.1, -0.05) is 12.1 Å². The number of hydrogen-bond acceptors (Lipinski definition) is 1. The lowest BCUT2D eigenvalue weighted by Crippen LogP contribution is -2.05. The number of carboxylic acids is 1. The summed E-state index contributed by atoms with van der Waals surface area (Å²) in [6.07, 6.45) is -4.52. The third-order valence-electron chi connectivity index (χ3n) is 3.09. The first kappa shape index (κ1) is 15.0. The summed E-state index contributed by atoms with van der Waals surface area (Å²) in [5, 5.41) is 8.91. The van der Waals surface area contributed by atoms with Crippen LogP contribution in [0.5, 0.6) is 0 Å². The molecule has 0 unspecified atom stereocenters. The molecular weight excluding hydrogens is 288 g/mol. The molecule has 0 saturated heterocycles. The van der Waals surface area contributed by atoms with Crippen LogP contribution < -0.4 is 0 Å². The fourth-order valence-electron chi connectivity index (χ4n) is 1.97. The third kappa shape index (κ3) is 3.04. The zero-order valence-corrected chi connectivity index (χ0v) is 10.8. The van der Waals surface area contributed by atoms with Gasteiger partial charge in [-0.15, -0.1) is 0 Å². The monoisotopic (exact) mass is 298 g/mol. The van der Waals surface area contributed by atoms with Gasteiger partial charge in [0.05, 0.1) is 11.1 Å². The molecule has 0 aliphatic rings. The average molecular weight is 298 g/mol. The molecule has 0 bridgehead atoms. The van der Waals surface area contributed by atoms with Crippen LogP contribution in [0.4, 0.5) is 17.6 Å². The second-order valence-corrected chi connectivity index (χ2v) is 4.51. The van der Waals surface area contributed by atoms with Crippen LogP contribution in [0.2, 0.25) is 0 Å². The first-order valence-corrected chi connectivity index (χ1v) is 5.91. The van der Waals surface area contributed by atoms with Crippen LogP contribution in [0.3, 0.4) is 0 Å². The maximum Gasteiger partial charge on any atom is 0.416 e. The minimum absolute atomic E-state index is 0.0966. The Morgan fingerprint density at radius 2 is 1.81 bits per heavy atom. The van der Waals surface area contributed by atoms with Gasteiger partial charge in [0.15, 0.2) is 0 Å². The number of rotatable bonds is 2. The summed E-state index contributed by atoms with van der Waals surface area (Å²) < 4.78 is 51.8. The molecule has 110 valence electrons. The van der Waals surface area contributed by atoms with Crippen LogP contribution in [-0.2, 0) is 6.18 Å². The van der Waals surface area contributed by atoms with Gasteiger partial charge in [-0.05, 0) is 47.9 Å². The van der Waals surface area contributed by atoms with Crippen molar-refractivity contribution in [3.05, 3.63) is 58.9 Å². The molecule has 0 fully saturated rings. The lowest BCUT2D eigenvalue weighted by atomic mass is 9.96. The first-order chi connectivity index (χ1) is 9.70. The Bertz CT molecular complexity index is 705. The predicted molar refractivity (Wildman–Crippen MR) is 68.5 cm³/mol. The Morgan fingerprint density at radius 3 is 2.38 bits per heavy atom. The molecule has 2 nitrogen and oxygen atoms in total. The fraction of sp³-hybridized carbons (Fsp3) is 0.133. The topological polar surface area (TPSA) is 37.3 Å². The largest absolute Gasteiger partial charge is 0.478 e. The second-order valence-electron chi connectivity index (χ2n) is 4.51. The highest BCUT2D eigenvalue weighted by Gasteiger charge is 2.30. The second kappa shape index (κ2) is 5.20. The number of halogens is 4. The summed E-state index contributed by atoms with van der Waals surface area (Å²) in [7, 11) is 0. The predicted octanol–water partition coefficient (Wildman–Crippen LogP) is 4.52. The molecule has 0 saturated carbocycles. The molecule has 0 heterocycles. The van der Waals surface area contributed by atoms with Crippen LogP contribution in [0.1, 0.15) is 21.5 Å². The Balaban J connectivity index is 2.64. The molecule has 1 N–H and O–H groups in total. The summed E-state index contributed by atoms with van der Waals surface area (Å²) in [5.74, 6) is -2.12. The van der Waals surface area contributed by atoms with Crippen LogP contribution >= 0.6 is 0 Å². The van der Waals surface area contributed by atoms with Crippen LogP contribution in [0.25, 0.3) is 11.1 Å². The highest BCUT2D eigenvalue weighted by Crippen LogP contribution is 2.34. The molecule has 0 aliphatic heterocycles. The van der Waals surface area contributed by atoms with Crippen molar-refractivity contribution in [1.82, 2.24) is 0 Å². The summed E-state index contributed by atoms with van der Waals surface area (Å²) in [6, 6.07) is 6.35.